The summed E-state index contributed by atoms with van der Waals surface area (Å²) in [7, 11) is 0. The standard InChI is InChI=1S/C8H8ClNO3/c1-5(8(11)12)13-7-3-2-6(9)4-10-7/h2-5H,1H3,(H,11,12). The molecule has 1 aromatic heterocycles. The summed E-state index contributed by atoms with van der Waals surface area (Å²) in [5.41, 5.74) is 0. The topological polar surface area (TPSA) is 59.4 Å². The average molecular weight is 202 g/mol. The van der Waals surface area contributed by atoms with E-state index < -0.39 is 12.1 Å². The zero-order valence-electron chi connectivity index (χ0n) is 6.90. The maximum Gasteiger partial charge on any atom is 0.344 e. The van der Waals surface area contributed by atoms with Gasteiger partial charge in [0.1, 0.15) is 0 Å². The quantitative estimate of drug-likeness (QED) is 0.807. The Labute approximate surface area is 80.1 Å². The van der Waals surface area contributed by atoms with E-state index in [9.17, 15) is 4.79 Å². The number of nitrogens with zero attached hydrogens (tertiary/aromatic N) is 1. The van der Waals surface area contributed by atoms with Gasteiger partial charge in [-0.15, -0.1) is 0 Å². The maximum atomic E-state index is 10.4. The number of aromatic nitrogens is 1. The Kier molecular flexibility index (Phi) is 3.08. The number of carbonyl (C=O) groups is 1. The van der Waals surface area contributed by atoms with Crippen LogP contribution in [0.3, 0.4) is 0 Å². The fourth-order valence-corrected chi connectivity index (χ4v) is 0.775. The van der Waals surface area contributed by atoms with Crippen molar-refractivity contribution in [3.8, 4) is 5.88 Å². The summed E-state index contributed by atoms with van der Waals surface area (Å²) < 4.78 is 4.96. The fraction of sp³-hybridized carbons (Fsp3) is 0.250. The molecule has 0 fully saturated rings. The molecule has 0 radical (unpaired) electrons. The van der Waals surface area contributed by atoms with Crippen molar-refractivity contribution in [2.24, 2.45) is 0 Å². The van der Waals surface area contributed by atoms with Crippen LogP contribution in [-0.4, -0.2) is 22.2 Å². The zero-order chi connectivity index (χ0) is 9.84. The molecule has 5 heteroatoms. The molecule has 13 heavy (non-hydrogen) atoms. The van der Waals surface area contributed by atoms with Crippen LogP contribution in [0.5, 0.6) is 5.88 Å². The van der Waals surface area contributed by atoms with E-state index in [4.69, 9.17) is 21.4 Å². The second kappa shape index (κ2) is 4.09. The van der Waals surface area contributed by atoms with Crippen molar-refractivity contribution in [3.63, 3.8) is 0 Å². The zero-order valence-corrected chi connectivity index (χ0v) is 7.65. The summed E-state index contributed by atoms with van der Waals surface area (Å²) in [6.45, 7) is 1.43. The van der Waals surface area contributed by atoms with Gasteiger partial charge in [0.05, 0.1) is 5.02 Å². The highest BCUT2D eigenvalue weighted by Gasteiger charge is 2.12. The number of hydrogen-bond acceptors (Lipinski definition) is 3. The summed E-state index contributed by atoms with van der Waals surface area (Å²) >= 11 is 5.58. The third-order valence-electron chi connectivity index (χ3n) is 1.35. The van der Waals surface area contributed by atoms with Gasteiger partial charge < -0.3 is 9.84 Å². The Bertz CT molecular complexity index is 299. The highest BCUT2D eigenvalue weighted by atomic mass is 35.5. The Morgan fingerprint density at radius 1 is 1.69 bits per heavy atom. The first-order valence-corrected chi connectivity index (χ1v) is 3.98. The van der Waals surface area contributed by atoms with Crippen LogP contribution in [0, 0.1) is 0 Å². The fourth-order valence-electron chi connectivity index (χ4n) is 0.663. The van der Waals surface area contributed by atoms with Crippen LogP contribution in [0.1, 0.15) is 6.92 Å². The van der Waals surface area contributed by atoms with E-state index in [2.05, 4.69) is 4.98 Å². The van der Waals surface area contributed by atoms with Crippen molar-refractivity contribution >= 4 is 17.6 Å². The predicted molar refractivity (Wildman–Crippen MR) is 47.0 cm³/mol. The number of carboxylic acid groups (broad SMARTS) is 1. The molecule has 1 rings (SSSR count). The predicted octanol–water partition coefficient (Wildman–Crippen LogP) is 1.59. The first-order valence-electron chi connectivity index (χ1n) is 3.60. The maximum absolute atomic E-state index is 10.4. The number of hydrogen-bond donors (Lipinski definition) is 1. The highest BCUT2D eigenvalue weighted by molar-refractivity contribution is 6.30. The Hall–Kier alpha value is -1.29. The molecule has 0 saturated carbocycles. The van der Waals surface area contributed by atoms with Gasteiger partial charge >= 0.3 is 5.97 Å². The van der Waals surface area contributed by atoms with Crippen LogP contribution in [0.2, 0.25) is 5.02 Å². The molecule has 0 bridgehead atoms. The van der Waals surface area contributed by atoms with Crippen molar-refractivity contribution < 1.29 is 14.6 Å². The summed E-state index contributed by atoms with van der Waals surface area (Å²) in [5, 5.41) is 9.00. The van der Waals surface area contributed by atoms with Crippen LogP contribution in [-0.2, 0) is 4.79 Å². The lowest BCUT2D eigenvalue weighted by Gasteiger charge is -2.08. The van der Waals surface area contributed by atoms with Gasteiger partial charge in [-0.1, -0.05) is 11.6 Å². The molecule has 1 N–H and O–H groups in total. The second-order valence-corrected chi connectivity index (χ2v) is 2.85. The lowest BCUT2D eigenvalue weighted by molar-refractivity contribution is -0.144. The lowest BCUT2D eigenvalue weighted by Crippen LogP contribution is -2.23. The van der Waals surface area contributed by atoms with Gasteiger partial charge in [-0.3, -0.25) is 0 Å². The number of ether oxygens (including phenoxy) is 1. The Balaban J connectivity index is 2.64. The van der Waals surface area contributed by atoms with Gasteiger partial charge in [0.15, 0.2) is 6.10 Å². The van der Waals surface area contributed by atoms with E-state index in [0.717, 1.165) is 0 Å². The van der Waals surface area contributed by atoms with Gasteiger partial charge in [-0.25, -0.2) is 9.78 Å². The minimum Gasteiger partial charge on any atom is -0.479 e. The molecule has 1 unspecified atom stereocenters. The van der Waals surface area contributed by atoms with Crippen molar-refractivity contribution in [1.29, 1.82) is 0 Å². The molecule has 0 aromatic carbocycles. The van der Waals surface area contributed by atoms with Crippen LogP contribution in [0.25, 0.3) is 0 Å². The van der Waals surface area contributed by atoms with Crippen molar-refractivity contribution in [2.75, 3.05) is 0 Å². The van der Waals surface area contributed by atoms with E-state index in [-0.39, 0.29) is 5.88 Å². The van der Waals surface area contributed by atoms with E-state index in [0.29, 0.717) is 5.02 Å². The lowest BCUT2D eigenvalue weighted by atomic mass is 10.4. The number of carboxylic acids is 1. The van der Waals surface area contributed by atoms with E-state index in [1.54, 1.807) is 6.07 Å². The van der Waals surface area contributed by atoms with Gasteiger partial charge in [-0.2, -0.15) is 0 Å². The summed E-state index contributed by atoms with van der Waals surface area (Å²) in [4.78, 5) is 14.2. The number of aliphatic carboxylic acids is 1. The smallest absolute Gasteiger partial charge is 0.344 e. The largest absolute Gasteiger partial charge is 0.479 e. The molecule has 70 valence electrons. The molecule has 0 aliphatic heterocycles. The number of pyridine rings is 1. The monoisotopic (exact) mass is 201 g/mol. The minimum atomic E-state index is -1.03. The highest BCUT2D eigenvalue weighted by Crippen LogP contribution is 2.12. The van der Waals surface area contributed by atoms with Crippen molar-refractivity contribution in [1.82, 2.24) is 4.98 Å². The minimum absolute atomic E-state index is 0.249. The SMILES string of the molecule is CC(Oc1ccc(Cl)cn1)C(=O)O. The molecule has 1 aromatic rings. The molecule has 0 spiro atoms. The van der Waals surface area contributed by atoms with E-state index in [1.807, 2.05) is 0 Å². The molecule has 4 nitrogen and oxygen atoms in total. The van der Waals surface area contributed by atoms with Crippen LogP contribution in [0.4, 0.5) is 0 Å². The van der Waals surface area contributed by atoms with Gasteiger partial charge in [-0.05, 0) is 13.0 Å². The van der Waals surface area contributed by atoms with Crippen molar-refractivity contribution in [2.45, 2.75) is 13.0 Å². The van der Waals surface area contributed by atoms with Gasteiger partial charge in [0, 0.05) is 12.3 Å². The Morgan fingerprint density at radius 3 is 2.85 bits per heavy atom. The number of rotatable bonds is 3. The summed E-state index contributed by atoms with van der Waals surface area (Å²) in [6.07, 6.45) is 0.486. The molecule has 0 aliphatic carbocycles. The Morgan fingerprint density at radius 2 is 2.38 bits per heavy atom. The third kappa shape index (κ3) is 2.91. The average Bonchev–Trinajstić information content (AvgIpc) is 2.08. The first kappa shape index (κ1) is 9.80. The second-order valence-electron chi connectivity index (χ2n) is 2.41. The van der Waals surface area contributed by atoms with E-state index in [1.165, 1.54) is 19.2 Å². The molecule has 1 atom stereocenters. The van der Waals surface area contributed by atoms with E-state index >= 15 is 0 Å². The van der Waals surface area contributed by atoms with Crippen LogP contribution < -0.4 is 4.74 Å². The summed E-state index contributed by atoms with van der Waals surface area (Å²) in [5.74, 6) is -0.781. The van der Waals surface area contributed by atoms with Crippen LogP contribution in [0.15, 0.2) is 18.3 Å². The third-order valence-corrected chi connectivity index (χ3v) is 1.57. The number of halogens is 1. The molecular formula is C8H8ClNO3. The van der Waals surface area contributed by atoms with Crippen molar-refractivity contribution in [3.05, 3.63) is 23.4 Å². The normalized spacial score (nSPS) is 12.2. The van der Waals surface area contributed by atoms with Gasteiger partial charge in [0.25, 0.3) is 0 Å². The molecule has 0 saturated heterocycles. The first-order chi connectivity index (χ1) is 6.09. The molecule has 0 amide bonds. The molecule has 0 aliphatic rings. The van der Waals surface area contributed by atoms with Gasteiger partial charge in [0.2, 0.25) is 5.88 Å². The molecular weight excluding hydrogens is 194 g/mol. The van der Waals surface area contributed by atoms with Crippen LogP contribution >= 0.6 is 11.6 Å². The summed E-state index contributed by atoms with van der Waals surface area (Å²) in [6, 6.07) is 3.10. The molecule has 1 heterocycles.